The molecule has 0 spiro atoms. The zero-order chi connectivity index (χ0) is 20.6. The minimum Gasteiger partial charge on any atom is -0.310 e. The first-order valence-electron chi connectivity index (χ1n) is 10.6. The Kier molecular flexibility index (Phi) is 4.18. The minimum atomic E-state index is 1.15. The predicted molar refractivity (Wildman–Crippen MR) is 134 cm³/mol. The predicted octanol–water partition coefficient (Wildman–Crippen LogP) is 8.62. The first-order valence-corrected chi connectivity index (χ1v) is 10.6. The van der Waals surface area contributed by atoms with E-state index in [1.165, 1.54) is 32.3 Å². The zero-order valence-corrected chi connectivity index (χ0v) is 17.1. The van der Waals surface area contributed by atoms with Gasteiger partial charge in [-0.05, 0) is 80.8 Å². The molecule has 0 aliphatic rings. The fourth-order valence-electron chi connectivity index (χ4n) is 4.48. The molecule has 0 aromatic heterocycles. The van der Waals surface area contributed by atoms with Crippen molar-refractivity contribution in [2.24, 2.45) is 0 Å². The van der Waals surface area contributed by atoms with E-state index in [0.29, 0.717) is 0 Å². The highest BCUT2D eigenvalue weighted by atomic mass is 15.1. The van der Waals surface area contributed by atoms with Crippen LogP contribution in [-0.2, 0) is 0 Å². The molecule has 0 aliphatic carbocycles. The molecule has 0 fully saturated rings. The van der Waals surface area contributed by atoms with Crippen molar-refractivity contribution in [1.82, 2.24) is 0 Å². The maximum Gasteiger partial charge on any atom is 0.0468 e. The van der Waals surface area contributed by atoms with E-state index in [1.807, 2.05) is 0 Å². The Balaban J connectivity index is 1.56. The Morgan fingerprint density at radius 1 is 0.323 bits per heavy atom. The van der Waals surface area contributed by atoms with Crippen LogP contribution >= 0.6 is 0 Å². The molecule has 6 aromatic rings. The van der Waals surface area contributed by atoms with Crippen molar-refractivity contribution in [2.75, 3.05) is 4.90 Å². The maximum absolute atomic E-state index is 2.32. The van der Waals surface area contributed by atoms with Crippen LogP contribution in [0.15, 0.2) is 127 Å². The second kappa shape index (κ2) is 7.30. The molecule has 1 heteroatoms. The van der Waals surface area contributed by atoms with Gasteiger partial charge in [-0.1, -0.05) is 78.9 Å². The first-order chi connectivity index (χ1) is 15.4. The summed E-state index contributed by atoms with van der Waals surface area (Å²) in [7, 11) is 0. The van der Waals surface area contributed by atoms with E-state index in [9.17, 15) is 0 Å². The van der Waals surface area contributed by atoms with Crippen molar-refractivity contribution in [1.29, 1.82) is 0 Å². The van der Waals surface area contributed by atoms with E-state index in [1.54, 1.807) is 0 Å². The second-order valence-corrected chi connectivity index (χ2v) is 7.90. The monoisotopic (exact) mass is 395 g/mol. The smallest absolute Gasteiger partial charge is 0.0468 e. The van der Waals surface area contributed by atoms with E-state index >= 15 is 0 Å². The van der Waals surface area contributed by atoms with E-state index in [2.05, 4.69) is 132 Å². The topological polar surface area (TPSA) is 3.24 Å². The van der Waals surface area contributed by atoms with Crippen molar-refractivity contribution in [3.05, 3.63) is 127 Å². The van der Waals surface area contributed by atoms with Gasteiger partial charge in [-0.3, -0.25) is 0 Å². The summed E-state index contributed by atoms with van der Waals surface area (Å²) in [5.74, 6) is 0. The average molecular weight is 396 g/mol. The lowest BCUT2D eigenvalue weighted by Crippen LogP contribution is -2.09. The van der Waals surface area contributed by atoms with Crippen LogP contribution in [0.3, 0.4) is 0 Å². The Morgan fingerprint density at radius 3 is 1.52 bits per heavy atom. The third-order valence-electron chi connectivity index (χ3n) is 5.97. The third-order valence-corrected chi connectivity index (χ3v) is 5.97. The molecule has 6 aromatic carbocycles. The van der Waals surface area contributed by atoms with Gasteiger partial charge in [0.25, 0.3) is 0 Å². The minimum absolute atomic E-state index is 1.15. The molecule has 0 radical (unpaired) electrons. The number of para-hydroxylation sites is 2. The normalized spacial score (nSPS) is 11.2. The van der Waals surface area contributed by atoms with E-state index < -0.39 is 0 Å². The first kappa shape index (κ1) is 17.7. The number of anilines is 3. The standard InChI is InChI=1S/C30H21N/c1-3-11-26(12-4-1)31(27-13-5-2-6-14-27)28-17-18-29-25(20-28)16-15-24-19-22-9-7-8-10-23(22)21-30(24)29/h1-21H. The molecule has 0 atom stereocenters. The lowest BCUT2D eigenvalue weighted by molar-refractivity contribution is 1.29. The number of hydrogen-bond donors (Lipinski definition) is 0. The van der Waals surface area contributed by atoms with Crippen molar-refractivity contribution in [3.8, 4) is 0 Å². The highest BCUT2D eigenvalue weighted by molar-refractivity contribution is 6.12. The molecule has 0 N–H and O–H groups in total. The van der Waals surface area contributed by atoms with Gasteiger partial charge in [0, 0.05) is 17.1 Å². The van der Waals surface area contributed by atoms with E-state index in [4.69, 9.17) is 0 Å². The van der Waals surface area contributed by atoms with Gasteiger partial charge in [-0.2, -0.15) is 0 Å². The fourth-order valence-corrected chi connectivity index (χ4v) is 4.48. The summed E-state index contributed by atoms with van der Waals surface area (Å²) in [5.41, 5.74) is 3.46. The zero-order valence-electron chi connectivity index (χ0n) is 17.1. The summed E-state index contributed by atoms with van der Waals surface area (Å²) in [6.45, 7) is 0. The van der Waals surface area contributed by atoms with Crippen LogP contribution < -0.4 is 4.90 Å². The number of nitrogens with zero attached hydrogens (tertiary/aromatic N) is 1. The molecule has 0 saturated carbocycles. The molecule has 0 heterocycles. The summed E-state index contributed by atoms with van der Waals surface area (Å²) < 4.78 is 0. The van der Waals surface area contributed by atoms with Gasteiger partial charge < -0.3 is 4.90 Å². The highest BCUT2D eigenvalue weighted by Crippen LogP contribution is 2.37. The molecule has 0 bridgehead atoms. The van der Waals surface area contributed by atoms with Crippen LogP contribution in [0.5, 0.6) is 0 Å². The van der Waals surface area contributed by atoms with Crippen LogP contribution in [-0.4, -0.2) is 0 Å². The van der Waals surface area contributed by atoms with Gasteiger partial charge in [0.15, 0.2) is 0 Å². The summed E-state index contributed by atoms with van der Waals surface area (Å²) in [4.78, 5) is 2.31. The molecule has 1 nitrogen and oxygen atoms in total. The van der Waals surface area contributed by atoms with Gasteiger partial charge in [0.1, 0.15) is 0 Å². The van der Waals surface area contributed by atoms with Crippen molar-refractivity contribution in [2.45, 2.75) is 0 Å². The largest absolute Gasteiger partial charge is 0.310 e. The number of hydrogen-bond acceptors (Lipinski definition) is 1. The second-order valence-electron chi connectivity index (χ2n) is 7.90. The molecule has 0 unspecified atom stereocenters. The number of benzene rings is 6. The Morgan fingerprint density at radius 2 is 0.871 bits per heavy atom. The third kappa shape index (κ3) is 3.12. The van der Waals surface area contributed by atoms with E-state index in [0.717, 1.165) is 17.1 Å². The quantitative estimate of drug-likeness (QED) is 0.214. The van der Waals surface area contributed by atoms with Crippen LogP contribution in [0.25, 0.3) is 32.3 Å². The van der Waals surface area contributed by atoms with Gasteiger partial charge >= 0.3 is 0 Å². The fraction of sp³-hybridized carbons (Fsp3) is 0. The molecule has 0 aliphatic heterocycles. The maximum atomic E-state index is 2.32. The Bertz CT molecular complexity index is 1480. The molecule has 0 saturated heterocycles. The van der Waals surface area contributed by atoms with E-state index in [-0.39, 0.29) is 0 Å². The summed E-state index contributed by atoms with van der Waals surface area (Å²) in [5, 5.41) is 7.67. The van der Waals surface area contributed by atoms with Gasteiger partial charge in [0.2, 0.25) is 0 Å². The summed E-state index contributed by atoms with van der Waals surface area (Å²) in [6.07, 6.45) is 0. The van der Waals surface area contributed by atoms with Crippen LogP contribution in [0, 0.1) is 0 Å². The molecule has 146 valence electrons. The number of fused-ring (bicyclic) bond motifs is 4. The van der Waals surface area contributed by atoms with Gasteiger partial charge in [-0.25, -0.2) is 0 Å². The van der Waals surface area contributed by atoms with Crippen LogP contribution in [0.1, 0.15) is 0 Å². The lowest BCUT2D eigenvalue weighted by atomic mass is 9.98. The van der Waals surface area contributed by atoms with Crippen molar-refractivity contribution >= 4 is 49.4 Å². The van der Waals surface area contributed by atoms with Gasteiger partial charge in [0.05, 0.1) is 0 Å². The van der Waals surface area contributed by atoms with Crippen molar-refractivity contribution < 1.29 is 0 Å². The van der Waals surface area contributed by atoms with Gasteiger partial charge in [-0.15, -0.1) is 0 Å². The van der Waals surface area contributed by atoms with Crippen molar-refractivity contribution in [3.63, 3.8) is 0 Å². The molecule has 0 amide bonds. The summed E-state index contributed by atoms with van der Waals surface area (Å²) in [6, 6.07) is 45.6. The molecular weight excluding hydrogens is 374 g/mol. The van der Waals surface area contributed by atoms with Crippen LogP contribution in [0.4, 0.5) is 17.1 Å². The Labute approximate surface area is 181 Å². The number of rotatable bonds is 3. The molecular formula is C30H21N. The Hall–Kier alpha value is -4.10. The molecule has 31 heavy (non-hydrogen) atoms. The average Bonchev–Trinajstić information content (AvgIpc) is 2.84. The van der Waals surface area contributed by atoms with Crippen LogP contribution in [0.2, 0.25) is 0 Å². The highest BCUT2D eigenvalue weighted by Gasteiger charge is 2.13. The lowest BCUT2D eigenvalue weighted by Gasteiger charge is -2.25. The summed E-state index contributed by atoms with van der Waals surface area (Å²) >= 11 is 0. The SMILES string of the molecule is c1ccc(N(c2ccccc2)c2ccc3c(ccc4cc5ccccc5cc43)c2)cc1. The molecule has 6 rings (SSSR count).